The highest BCUT2D eigenvalue weighted by atomic mass is 32.2. The fourth-order valence-corrected chi connectivity index (χ4v) is 4.49. The Morgan fingerprint density at radius 1 is 1.33 bits per heavy atom. The third kappa shape index (κ3) is 3.91. The summed E-state index contributed by atoms with van der Waals surface area (Å²) in [6.45, 7) is 6.55. The molecular weight excluding hydrogens is 366 g/mol. The summed E-state index contributed by atoms with van der Waals surface area (Å²) in [5.41, 5.74) is 2.81. The molecule has 1 aliphatic rings. The number of rotatable bonds is 5. The van der Waals surface area contributed by atoms with Gasteiger partial charge in [-0.25, -0.2) is 8.42 Å². The van der Waals surface area contributed by atoms with Crippen LogP contribution in [0.1, 0.15) is 54.2 Å². The lowest BCUT2D eigenvalue weighted by molar-refractivity contribution is -0.00712. The van der Waals surface area contributed by atoms with Crippen molar-refractivity contribution in [2.24, 2.45) is 0 Å². The van der Waals surface area contributed by atoms with Crippen LogP contribution in [0.3, 0.4) is 0 Å². The quantitative estimate of drug-likeness (QED) is 0.844. The van der Waals surface area contributed by atoms with Crippen LogP contribution in [-0.2, 0) is 34.1 Å². The topological polar surface area (TPSA) is 90.3 Å². The molecule has 2 atom stereocenters. The van der Waals surface area contributed by atoms with E-state index in [4.69, 9.17) is 4.74 Å². The number of sulfone groups is 1. The van der Waals surface area contributed by atoms with Gasteiger partial charge in [-0.3, -0.25) is 9.48 Å². The molecule has 3 rings (SSSR count). The van der Waals surface area contributed by atoms with Crippen LogP contribution in [0.2, 0.25) is 0 Å². The zero-order chi connectivity index (χ0) is 19.8. The summed E-state index contributed by atoms with van der Waals surface area (Å²) < 4.78 is 31.4. The molecule has 1 N–H and O–H groups in total. The van der Waals surface area contributed by atoms with E-state index in [0.717, 1.165) is 11.3 Å². The molecule has 2 aromatic rings. The molecule has 0 fully saturated rings. The van der Waals surface area contributed by atoms with E-state index in [1.165, 1.54) is 6.26 Å². The summed E-state index contributed by atoms with van der Waals surface area (Å²) >= 11 is 0. The van der Waals surface area contributed by atoms with Gasteiger partial charge < -0.3 is 10.1 Å². The maximum absolute atomic E-state index is 12.9. The summed E-state index contributed by atoms with van der Waals surface area (Å²) in [6.07, 6.45) is 1.65. The third-order valence-corrected chi connectivity index (χ3v) is 5.92. The fourth-order valence-electron chi connectivity index (χ4n) is 3.55. The van der Waals surface area contributed by atoms with Crippen LogP contribution >= 0.6 is 0 Å². The first-order chi connectivity index (χ1) is 12.7. The second kappa shape index (κ2) is 7.44. The number of carbonyl (C=O) groups is 1. The molecule has 0 saturated heterocycles. The Kier molecular flexibility index (Phi) is 5.39. The number of aromatic nitrogens is 2. The molecule has 1 aromatic heterocycles. The van der Waals surface area contributed by atoms with Gasteiger partial charge in [-0.1, -0.05) is 18.2 Å². The summed E-state index contributed by atoms with van der Waals surface area (Å²) in [6, 6.07) is 6.69. The predicted molar refractivity (Wildman–Crippen MR) is 101 cm³/mol. The van der Waals surface area contributed by atoms with Crippen molar-refractivity contribution in [1.29, 1.82) is 0 Å². The van der Waals surface area contributed by atoms with E-state index in [9.17, 15) is 13.2 Å². The van der Waals surface area contributed by atoms with Gasteiger partial charge in [0.25, 0.3) is 5.91 Å². The van der Waals surface area contributed by atoms with Crippen LogP contribution in [-0.4, -0.2) is 36.5 Å². The monoisotopic (exact) mass is 391 g/mol. The van der Waals surface area contributed by atoms with Crippen molar-refractivity contribution in [1.82, 2.24) is 15.1 Å². The number of amides is 1. The Hall–Kier alpha value is -2.19. The zero-order valence-electron chi connectivity index (χ0n) is 16.0. The molecule has 0 aliphatic carbocycles. The second-order valence-electron chi connectivity index (χ2n) is 6.88. The van der Waals surface area contributed by atoms with Crippen LogP contribution in [0.25, 0.3) is 0 Å². The van der Waals surface area contributed by atoms with Gasteiger partial charge in [0.2, 0.25) is 0 Å². The van der Waals surface area contributed by atoms with E-state index in [2.05, 4.69) is 10.4 Å². The number of nitrogens with zero attached hydrogens (tertiary/aromatic N) is 2. The van der Waals surface area contributed by atoms with Crippen molar-refractivity contribution in [3.05, 3.63) is 46.8 Å². The normalized spacial score (nSPS) is 19.6. The molecule has 8 heteroatoms. The number of hydrogen-bond donors (Lipinski definition) is 1. The standard InChI is InChI=1S/C19H25N3O4S/c1-5-22-18(15-10-12(2)26-13(3)17(15)21-22)19(23)20-11-14-8-6-7-9-16(14)27(4,24)25/h6-9,12-13H,5,10-11H2,1-4H3,(H,20,23)/t12-,13+/m0/s1. The lowest BCUT2D eigenvalue weighted by atomic mass is 9.99. The summed E-state index contributed by atoms with van der Waals surface area (Å²) in [5.74, 6) is -0.254. The highest BCUT2D eigenvalue weighted by Crippen LogP contribution is 2.31. The summed E-state index contributed by atoms with van der Waals surface area (Å²) in [7, 11) is -3.36. The molecule has 1 aliphatic heterocycles. The largest absolute Gasteiger partial charge is 0.369 e. The lowest BCUT2D eigenvalue weighted by Gasteiger charge is -2.24. The van der Waals surface area contributed by atoms with Crippen molar-refractivity contribution in [2.45, 2.75) is 57.4 Å². The Morgan fingerprint density at radius 2 is 2.04 bits per heavy atom. The Labute approximate surface area is 159 Å². The van der Waals surface area contributed by atoms with Crippen LogP contribution in [0, 0.1) is 0 Å². The van der Waals surface area contributed by atoms with E-state index in [-0.39, 0.29) is 29.6 Å². The first kappa shape index (κ1) is 19.6. The van der Waals surface area contributed by atoms with Gasteiger partial charge in [-0.2, -0.15) is 5.10 Å². The van der Waals surface area contributed by atoms with Gasteiger partial charge in [0.15, 0.2) is 9.84 Å². The average Bonchev–Trinajstić information content (AvgIpc) is 2.98. The minimum absolute atomic E-state index is 0.0134. The minimum atomic E-state index is -3.36. The minimum Gasteiger partial charge on any atom is -0.369 e. The van der Waals surface area contributed by atoms with E-state index in [1.807, 2.05) is 20.8 Å². The maximum atomic E-state index is 12.9. The predicted octanol–water partition coefficient (Wildman–Crippen LogP) is 2.26. The van der Waals surface area contributed by atoms with Crippen LogP contribution in [0.15, 0.2) is 29.2 Å². The van der Waals surface area contributed by atoms with Crippen molar-refractivity contribution >= 4 is 15.7 Å². The first-order valence-corrected chi connectivity index (χ1v) is 10.9. The Morgan fingerprint density at radius 3 is 2.70 bits per heavy atom. The van der Waals surface area contributed by atoms with E-state index in [0.29, 0.717) is 24.2 Å². The smallest absolute Gasteiger partial charge is 0.270 e. The van der Waals surface area contributed by atoms with Gasteiger partial charge in [0, 0.05) is 31.3 Å². The van der Waals surface area contributed by atoms with Crippen LogP contribution in [0.5, 0.6) is 0 Å². The SMILES string of the molecule is CCn1nc2c(c1C(=O)NCc1ccccc1S(C)(=O)=O)C[C@H](C)O[C@@H]2C. The average molecular weight is 391 g/mol. The highest BCUT2D eigenvalue weighted by Gasteiger charge is 2.31. The van der Waals surface area contributed by atoms with Gasteiger partial charge in [0.05, 0.1) is 22.8 Å². The molecule has 1 amide bonds. The number of carbonyl (C=O) groups excluding carboxylic acids is 1. The van der Waals surface area contributed by atoms with E-state index >= 15 is 0 Å². The summed E-state index contributed by atoms with van der Waals surface area (Å²) in [5, 5.41) is 7.42. The molecule has 0 spiro atoms. The van der Waals surface area contributed by atoms with E-state index in [1.54, 1.807) is 28.9 Å². The molecular formula is C19H25N3O4S. The van der Waals surface area contributed by atoms with Gasteiger partial charge in [-0.15, -0.1) is 0 Å². The van der Waals surface area contributed by atoms with E-state index < -0.39 is 9.84 Å². The molecule has 0 radical (unpaired) electrons. The Bertz CT molecular complexity index is 965. The number of fused-ring (bicyclic) bond motifs is 1. The van der Waals surface area contributed by atoms with Gasteiger partial charge >= 0.3 is 0 Å². The molecule has 1 aromatic carbocycles. The van der Waals surface area contributed by atoms with Crippen molar-refractivity contribution in [3.63, 3.8) is 0 Å². The number of aryl methyl sites for hydroxylation is 1. The van der Waals surface area contributed by atoms with Crippen LogP contribution in [0.4, 0.5) is 0 Å². The maximum Gasteiger partial charge on any atom is 0.270 e. The molecule has 146 valence electrons. The Balaban J connectivity index is 1.88. The second-order valence-corrected chi connectivity index (χ2v) is 8.87. The fraction of sp³-hybridized carbons (Fsp3) is 0.474. The molecule has 0 saturated carbocycles. The van der Waals surface area contributed by atoms with Crippen molar-refractivity contribution in [3.8, 4) is 0 Å². The molecule has 2 heterocycles. The third-order valence-electron chi connectivity index (χ3n) is 4.72. The zero-order valence-corrected chi connectivity index (χ0v) is 16.8. The summed E-state index contributed by atoms with van der Waals surface area (Å²) in [4.78, 5) is 13.2. The first-order valence-electron chi connectivity index (χ1n) is 9.03. The number of nitrogens with one attached hydrogen (secondary N) is 1. The molecule has 7 nitrogen and oxygen atoms in total. The van der Waals surface area contributed by atoms with Crippen molar-refractivity contribution in [2.75, 3.05) is 6.26 Å². The molecule has 27 heavy (non-hydrogen) atoms. The molecule has 0 unspecified atom stereocenters. The van der Waals surface area contributed by atoms with Crippen LogP contribution < -0.4 is 5.32 Å². The molecule has 0 bridgehead atoms. The number of hydrogen-bond acceptors (Lipinski definition) is 5. The highest BCUT2D eigenvalue weighted by molar-refractivity contribution is 7.90. The van der Waals surface area contributed by atoms with Crippen molar-refractivity contribution < 1.29 is 17.9 Å². The number of ether oxygens (including phenoxy) is 1. The number of benzene rings is 1. The lowest BCUT2D eigenvalue weighted by Crippen LogP contribution is -2.29. The van der Waals surface area contributed by atoms with Gasteiger partial charge in [-0.05, 0) is 32.4 Å². The van der Waals surface area contributed by atoms with Gasteiger partial charge in [0.1, 0.15) is 5.69 Å².